The molecule has 0 atom stereocenters. The maximum Gasteiger partial charge on any atom is 0.289 e. The van der Waals surface area contributed by atoms with Gasteiger partial charge in [-0.15, -0.1) is 0 Å². The molecule has 0 bridgehead atoms. The Morgan fingerprint density at radius 2 is 2.20 bits per heavy atom. The highest BCUT2D eigenvalue weighted by molar-refractivity contribution is 5.91. The van der Waals surface area contributed by atoms with Crippen molar-refractivity contribution in [2.75, 3.05) is 26.2 Å². The number of furan rings is 1. The molecular formula is C10H15N3O2. The number of piperazine rings is 1. The Morgan fingerprint density at radius 1 is 1.47 bits per heavy atom. The van der Waals surface area contributed by atoms with E-state index in [-0.39, 0.29) is 5.91 Å². The Balaban J connectivity index is 2.05. The minimum Gasteiger partial charge on any atom is -0.455 e. The van der Waals surface area contributed by atoms with Gasteiger partial charge in [0, 0.05) is 26.2 Å². The number of nitrogens with zero attached hydrogens (tertiary/aromatic N) is 1. The molecule has 5 heteroatoms. The summed E-state index contributed by atoms with van der Waals surface area (Å²) < 4.78 is 5.31. The highest BCUT2D eigenvalue weighted by Crippen LogP contribution is 2.10. The van der Waals surface area contributed by atoms with Gasteiger partial charge in [0.15, 0.2) is 5.76 Å². The Bertz CT molecular complexity index is 342. The van der Waals surface area contributed by atoms with Crippen LogP contribution in [0.3, 0.4) is 0 Å². The number of amides is 1. The van der Waals surface area contributed by atoms with Crippen molar-refractivity contribution in [2.24, 2.45) is 5.73 Å². The summed E-state index contributed by atoms with van der Waals surface area (Å²) in [5.74, 6) is 0.988. The number of nitrogens with two attached hydrogens (primary N) is 1. The first-order valence-electron chi connectivity index (χ1n) is 5.10. The first-order valence-corrected chi connectivity index (χ1v) is 5.10. The lowest BCUT2D eigenvalue weighted by Gasteiger charge is -2.26. The fourth-order valence-corrected chi connectivity index (χ4v) is 1.63. The van der Waals surface area contributed by atoms with Crippen LogP contribution >= 0.6 is 0 Å². The molecule has 2 rings (SSSR count). The molecule has 0 spiro atoms. The maximum absolute atomic E-state index is 11.9. The van der Waals surface area contributed by atoms with Crippen molar-refractivity contribution in [3.63, 3.8) is 0 Å². The fourth-order valence-electron chi connectivity index (χ4n) is 1.63. The Morgan fingerprint density at radius 3 is 2.80 bits per heavy atom. The van der Waals surface area contributed by atoms with E-state index in [1.807, 2.05) is 0 Å². The summed E-state index contributed by atoms with van der Waals surface area (Å²) in [4.78, 5) is 13.7. The van der Waals surface area contributed by atoms with Gasteiger partial charge in [-0.2, -0.15) is 0 Å². The molecule has 0 aromatic carbocycles. The molecular weight excluding hydrogens is 194 g/mol. The average Bonchev–Trinajstić information content (AvgIpc) is 2.78. The molecule has 1 fully saturated rings. The molecule has 0 radical (unpaired) electrons. The van der Waals surface area contributed by atoms with Crippen LogP contribution in [0, 0.1) is 0 Å². The Hall–Kier alpha value is -1.33. The van der Waals surface area contributed by atoms with E-state index >= 15 is 0 Å². The van der Waals surface area contributed by atoms with E-state index in [4.69, 9.17) is 10.2 Å². The van der Waals surface area contributed by atoms with Crippen molar-refractivity contribution in [2.45, 2.75) is 6.54 Å². The van der Waals surface area contributed by atoms with E-state index in [1.54, 1.807) is 17.0 Å². The number of hydrogen-bond acceptors (Lipinski definition) is 4. The second kappa shape index (κ2) is 4.46. The van der Waals surface area contributed by atoms with Crippen molar-refractivity contribution in [1.82, 2.24) is 10.2 Å². The largest absolute Gasteiger partial charge is 0.455 e. The van der Waals surface area contributed by atoms with E-state index in [0.29, 0.717) is 18.1 Å². The maximum atomic E-state index is 11.9. The third-order valence-corrected chi connectivity index (χ3v) is 2.48. The predicted octanol–water partition coefficient (Wildman–Crippen LogP) is -0.216. The summed E-state index contributed by atoms with van der Waals surface area (Å²) in [7, 11) is 0. The summed E-state index contributed by atoms with van der Waals surface area (Å²) in [5, 5.41) is 3.19. The van der Waals surface area contributed by atoms with Gasteiger partial charge in [0.05, 0.1) is 6.54 Å². The molecule has 2 heterocycles. The SMILES string of the molecule is NCc1ccc(C(=O)N2CCNCC2)o1. The normalized spacial score (nSPS) is 16.7. The third-order valence-electron chi connectivity index (χ3n) is 2.48. The van der Waals surface area contributed by atoms with Crippen LogP contribution in [0.1, 0.15) is 16.3 Å². The lowest BCUT2D eigenvalue weighted by molar-refractivity contribution is 0.0702. The van der Waals surface area contributed by atoms with Gasteiger partial charge in [-0.3, -0.25) is 4.79 Å². The highest BCUT2D eigenvalue weighted by atomic mass is 16.4. The molecule has 3 N–H and O–H groups in total. The lowest BCUT2D eigenvalue weighted by atomic mass is 10.3. The zero-order valence-corrected chi connectivity index (χ0v) is 8.53. The minimum absolute atomic E-state index is 0.0452. The molecule has 1 aliphatic rings. The summed E-state index contributed by atoms with van der Waals surface area (Å²) in [6.45, 7) is 3.48. The summed E-state index contributed by atoms with van der Waals surface area (Å²) in [6, 6.07) is 3.43. The molecule has 82 valence electrons. The average molecular weight is 209 g/mol. The molecule has 5 nitrogen and oxygen atoms in total. The van der Waals surface area contributed by atoms with Crippen LogP contribution in [0.2, 0.25) is 0 Å². The standard InChI is InChI=1S/C10H15N3O2/c11-7-8-1-2-9(15-8)10(14)13-5-3-12-4-6-13/h1-2,12H,3-7,11H2. The highest BCUT2D eigenvalue weighted by Gasteiger charge is 2.20. The molecule has 0 unspecified atom stereocenters. The number of hydrogen-bond donors (Lipinski definition) is 2. The van der Waals surface area contributed by atoms with Crippen LogP contribution in [-0.2, 0) is 6.54 Å². The number of rotatable bonds is 2. The summed E-state index contributed by atoms with van der Waals surface area (Å²) in [6.07, 6.45) is 0. The smallest absolute Gasteiger partial charge is 0.289 e. The molecule has 0 aliphatic carbocycles. The first-order chi connectivity index (χ1) is 7.31. The van der Waals surface area contributed by atoms with Crippen LogP contribution in [0.4, 0.5) is 0 Å². The van der Waals surface area contributed by atoms with Gasteiger partial charge in [-0.25, -0.2) is 0 Å². The molecule has 1 amide bonds. The molecule has 0 saturated carbocycles. The monoisotopic (exact) mass is 209 g/mol. The van der Waals surface area contributed by atoms with Gasteiger partial charge >= 0.3 is 0 Å². The summed E-state index contributed by atoms with van der Waals surface area (Å²) >= 11 is 0. The molecule has 15 heavy (non-hydrogen) atoms. The molecule has 1 aromatic rings. The van der Waals surface area contributed by atoms with Gasteiger partial charge in [0.1, 0.15) is 5.76 Å². The van der Waals surface area contributed by atoms with Gasteiger partial charge in [0.2, 0.25) is 0 Å². The number of carbonyl (C=O) groups is 1. The van der Waals surface area contributed by atoms with Gasteiger partial charge in [-0.05, 0) is 12.1 Å². The number of carbonyl (C=O) groups excluding carboxylic acids is 1. The van der Waals surface area contributed by atoms with Crippen LogP contribution in [-0.4, -0.2) is 37.0 Å². The second-order valence-corrected chi connectivity index (χ2v) is 3.51. The van der Waals surface area contributed by atoms with Gasteiger partial charge in [-0.1, -0.05) is 0 Å². The van der Waals surface area contributed by atoms with E-state index in [2.05, 4.69) is 5.32 Å². The summed E-state index contributed by atoms with van der Waals surface area (Å²) in [5.41, 5.74) is 5.41. The minimum atomic E-state index is -0.0452. The van der Waals surface area contributed by atoms with Crippen molar-refractivity contribution in [3.05, 3.63) is 23.7 Å². The van der Waals surface area contributed by atoms with E-state index in [9.17, 15) is 4.79 Å². The first kappa shape index (κ1) is 10.2. The topological polar surface area (TPSA) is 71.5 Å². The Kier molecular flexibility index (Phi) is 3.03. The van der Waals surface area contributed by atoms with E-state index < -0.39 is 0 Å². The van der Waals surface area contributed by atoms with Gasteiger partial charge in [0.25, 0.3) is 5.91 Å². The van der Waals surface area contributed by atoms with Crippen LogP contribution in [0.25, 0.3) is 0 Å². The third kappa shape index (κ3) is 2.19. The van der Waals surface area contributed by atoms with Crippen molar-refractivity contribution in [1.29, 1.82) is 0 Å². The number of nitrogens with one attached hydrogen (secondary N) is 1. The van der Waals surface area contributed by atoms with E-state index in [1.165, 1.54) is 0 Å². The van der Waals surface area contributed by atoms with Gasteiger partial charge < -0.3 is 20.4 Å². The second-order valence-electron chi connectivity index (χ2n) is 3.51. The molecule has 1 saturated heterocycles. The predicted molar refractivity (Wildman–Crippen MR) is 55.4 cm³/mol. The van der Waals surface area contributed by atoms with Crippen molar-refractivity contribution >= 4 is 5.91 Å². The molecule has 1 aliphatic heterocycles. The zero-order valence-electron chi connectivity index (χ0n) is 8.53. The van der Waals surface area contributed by atoms with Crippen LogP contribution < -0.4 is 11.1 Å². The quantitative estimate of drug-likeness (QED) is 0.706. The van der Waals surface area contributed by atoms with Crippen molar-refractivity contribution < 1.29 is 9.21 Å². The van der Waals surface area contributed by atoms with Crippen molar-refractivity contribution in [3.8, 4) is 0 Å². The molecule has 1 aromatic heterocycles. The van der Waals surface area contributed by atoms with Crippen LogP contribution in [0.15, 0.2) is 16.5 Å². The zero-order chi connectivity index (χ0) is 10.7. The lowest BCUT2D eigenvalue weighted by Crippen LogP contribution is -2.46. The van der Waals surface area contributed by atoms with Crippen LogP contribution in [0.5, 0.6) is 0 Å². The Labute approximate surface area is 88.2 Å². The fraction of sp³-hybridized carbons (Fsp3) is 0.500. The van der Waals surface area contributed by atoms with E-state index in [0.717, 1.165) is 26.2 Å².